The van der Waals surface area contributed by atoms with E-state index in [4.69, 9.17) is 0 Å². The number of aromatic hydroxyl groups is 1. The normalized spacial score (nSPS) is 18.1. The molecule has 2 aliphatic rings. The van der Waals surface area contributed by atoms with E-state index in [0.717, 1.165) is 42.6 Å². The summed E-state index contributed by atoms with van der Waals surface area (Å²) in [4.78, 5) is 35.9. The lowest BCUT2D eigenvalue weighted by molar-refractivity contribution is -0.111. The Labute approximate surface area is 169 Å². The van der Waals surface area contributed by atoms with Crippen molar-refractivity contribution in [2.75, 3.05) is 4.90 Å². The van der Waals surface area contributed by atoms with Crippen molar-refractivity contribution in [2.24, 2.45) is 9.98 Å². The van der Waals surface area contributed by atoms with Crippen LogP contribution in [0.2, 0.25) is 0 Å². The molecule has 0 saturated carbocycles. The third-order valence-corrected chi connectivity index (χ3v) is 5.37. The van der Waals surface area contributed by atoms with E-state index in [1.54, 1.807) is 42.5 Å². The number of hydrogen-bond acceptors (Lipinski definition) is 4. The van der Waals surface area contributed by atoms with Gasteiger partial charge in [-0.3, -0.25) is 4.79 Å². The summed E-state index contributed by atoms with van der Waals surface area (Å²) in [5.74, 6) is -0.545. The summed E-state index contributed by atoms with van der Waals surface area (Å²) < 4.78 is 0. The lowest BCUT2D eigenvalue weighted by Gasteiger charge is -2.31. The van der Waals surface area contributed by atoms with Gasteiger partial charge in [-0.25, -0.2) is 14.7 Å². The van der Waals surface area contributed by atoms with Crippen molar-refractivity contribution in [3.05, 3.63) is 54.1 Å². The van der Waals surface area contributed by atoms with Gasteiger partial charge in [-0.05, 0) is 42.3 Å². The summed E-state index contributed by atoms with van der Waals surface area (Å²) in [6, 6.07) is 13.1. The molecule has 2 aromatic rings. The van der Waals surface area contributed by atoms with Crippen molar-refractivity contribution < 1.29 is 14.7 Å². The van der Waals surface area contributed by atoms with Crippen LogP contribution in [-0.4, -0.2) is 28.5 Å². The number of benzene rings is 2. The fourth-order valence-corrected chi connectivity index (χ4v) is 3.92. The van der Waals surface area contributed by atoms with Crippen LogP contribution in [-0.2, 0) is 4.79 Å². The second-order valence-corrected chi connectivity index (χ2v) is 7.36. The van der Waals surface area contributed by atoms with Crippen LogP contribution in [0.15, 0.2) is 58.5 Å². The third kappa shape index (κ3) is 3.58. The molecule has 1 atom stereocenters. The molecule has 1 N–H and O–H groups in total. The third-order valence-electron chi connectivity index (χ3n) is 5.37. The number of urea groups is 1. The maximum Gasteiger partial charge on any atom is 0.355 e. The van der Waals surface area contributed by atoms with Gasteiger partial charge in [0.05, 0.1) is 17.1 Å². The second kappa shape index (κ2) is 7.99. The van der Waals surface area contributed by atoms with Crippen molar-refractivity contribution in [3.63, 3.8) is 0 Å². The van der Waals surface area contributed by atoms with E-state index in [2.05, 4.69) is 16.9 Å². The standard InChI is InChI=1S/C23H23N3O3/c1-2-3-4-8-11-17-18-14-16(27)12-13-19(18)24-21-20(17)25-23(29)26(22(21)28)15-9-6-5-7-10-15/h5-7,9-10,12-14,17,27H,2-4,8,11H2,1H3. The smallest absolute Gasteiger partial charge is 0.355 e. The van der Waals surface area contributed by atoms with Crippen molar-refractivity contribution in [3.8, 4) is 5.75 Å². The maximum absolute atomic E-state index is 13.2. The second-order valence-electron chi connectivity index (χ2n) is 7.36. The number of anilines is 1. The minimum Gasteiger partial charge on any atom is -0.508 e. The van der Waals surface area contributed by atoms with Crippen molar-refractivity contribution in [1.82, 2.24) is 0 Å². The lowest BCUT2D eigenvalue weighted by Crippen LogP contribution is -2.49. The SMILES string of the molecule is CCCCCCC1C2=NC(=O)N(c3ccccc3)C(=O)C2=Nc2ccc(O)cc21. The number of phenolic OH excluding ortho intramolecular Hbond substituents is 1. The highest BCUT2D eigenvalue weighted by Crippen LogP contribution is 2.40. The molecule has 6 heteroatoms. The number of unbranched alkanes of at least 4 members (excludes halogenated alkanes) is 3. The molecule has 29 heavy (non-hydrogen) atoms. The summed E-state index contributed by atoms with van der Waals surface area (Å²) in [6.45, 7) is 2.15. The highest BCUT2D eigenvalue weighted by atomic mass is 16.3. The number of fused-ring (bicyclic) bond motifs is 2. The Hall–Kier alpha value is -3.28. The summed E-state index contributed by atoms with van der Waals surface area (Å²) in [5, 5.41) is 9.98. The lowest BCUT2D eigenvalue weighted by atomic mass is 9.82. The molecule has 0 bridgehead atoms. The van der Waals surface area contributed by atoms with Crippen LogP contribution in [0.3, 0.4) is 0 Å². The predicted molar refractivity (Wildman–Crippen MR) is 113 cm³/mol. The van der Waals surface area contributed by atoms with Gasteiger partial charge in [0, 0.05) is 5.92 Å². The van der Waals surface area contributed by atoms with Crippen LogP contribution in [0.5, 0.6) is 5.75 Å². The summed E-state index contributed by atoms with van der Waals surface area (Å²) in [5.41, 5.74) is 2.57. The number of phenols is 1. The molecule has 0 fully saturated rings. The molecule has 3 amide bonds. The van der Waals surface area contributed by atoms with Crippen LogP contribution >= 0.6 is 0 Å². The zero-order valence-corrected chi connectivity index (χ0v) is 16.3. The van der Waals surface area contributed by atoms with Crippen LogP contribution < -0.4 is 4.90 Å². The summed E-state index contributed by atoms with van der Waals surface area (Å²) in [7, 11) is 0. The summed E-state index contributed by atoms with van der Waals surface area (Å²) >= 11 is 0. The Morgan fingerprint density at radius 1 is 1.00 bits per heavy atom. The summed E-state index contributed by atoms with van der Waals surface area (Å²) in [6.07, 6.45) is 5.02. The number of amides is 3. The largest absolute Gasteiger partial charge is 0.508 e. The number of hydrogen-bond donors (Lipinski definition) is 1. The molecule has 0 spiro atoms. The molecule has 0 aromatic heterocycles. The fraction of sp³-hybridized carbons (Fsp3) is 0.304. The Morgan fingerprint density at radius 3 is 2.55 bits per heavy atom. The topological polar surface area (TPSA) is 82.3 Å². The number of nitrogens with zero attached hydrogens (tertiary/aromatic N) is 3. The molecule has 2 heterocycles. The van der Waals surface area contributed by atoms with Crippen molar-refractivity contribution in [1.29, 1.82) is 0 Å². The van der Waals surface area contributed by atoms with Crippen molar-refractivity contribution >= 4 is 34.7 Å². The number of imide groups is 1. The van der Waals surface area contributed by atoms with Gasteiger partial charge in [0.25, 0.3) is 5.91 Å². The number of carbonyl (C=O) groups excluding carboxylic acids is 2. The molecule has 2 aliphatic heterocycles. The molecule has 0 saturated heterocycles. The van der Waals surface area contributed by atoms with E-state index in [1.807, 2.05) is 6.07 Å². The van der Waals surface area contributed by atoms with E-state index in [0.29, 0.717) is 17.1 Å². The first-order valence-corrected chi connectivity index (χ1v) is 10.0. The van der Waals surface area contributed by atoms with E-state index in [-0.39, 0.29) is 17.4 Å². The average Bonchev–Trinajstić information content (AvgIpc) is 2.72. The van der Waals surface area contributed by atoms with Gasteiger partial charge in [-0.1, -0.05) is 50.8 Å². The molecule has 0 radical (unpaired) electrons. The van der Waals surface area contributed by atoms with Gasteiger partial charge < -0.3 is 5.11 Å². The quantitative estimate of drug-likeness (QED) is 0.695. The number of rotatable bonds is 6. The van der Waals surface area contributed by atoms with E-state index in [9.17, 15) is 14.7 Å². The zero-order valence-electron chi connectivity index (χ0n) is 16.3. The molecule has 4 rings (SSSR count). The average molecular weight is 389 g/mol. The Balaban J connectivity index is 1.76. The van der Waals surface area contributed by atoms with E-state index < -0.39 is 11.9 Å². The predicted octanol–water partition coefficient (Wildman–Crippen LogP) is 5.14. The molecule has 0 aliphatic carbocycles. The van der Waals surface area contributed by atoms with Crippen molar-refractivity contribution in [2.45, 2.75) is 44.9 Å². The van der Waals surface area contributed by atoms with E-state index >= 15 is 0 Å². The molecule has 6 nitrogen and oxygen atoms in total. The highest BCUT2D eigenvalue weighted by Gasteiger charge is 2.41. The van der Waals surface area contributed by atoms with Gasteiger partial charge in [-0.2, -0.15) is 4.99 Å². The molecular formula is C23H23N3O3. The fourth-order valence-electron chi connectivity index (χ4n) is 3.92. The Kier molecular flexibility index (Phi) is 5.25. The van der Waals surface area contributed by atoms with Gasteiger partial charge in [0.15, 0.2) is 5.71 Å². The van der Waals surface area contributed by atoms with Gasteiger partial charge in [-0.15, -0.1) is 0 Å². The van der Waals surface area contributed by atoms with Gasteiger partial charge >= 0.3 is 6.03 Å². The zero-order chi connectivity index (χ0) is 20.4. The molecule has 148 valence electrons. The first kappa shape index (κ1) is 19.1. The monoisotopic (exact) mass is 389 g/mol. The molecule has 2 aromatic carbocycles. The Morgan fingerprint density at radius 2 is 1.79 bits per heavy atom. The van der Waals surface area contributed by atoms with Crippen LogP contribution in [0, 0.1) is 0 Å². The van der Waals surface area contributed by atoms with E-state index in [1.165, 1.54) is 0 Å². The maximum atomic E-state index is 13.2. The number of para-hydroxylation sites is 1. The highest BCUT2D eigenvalue weighted by molar-refractivity contribution is 6.74. The Bertz CT molecular complexity index is 1010. The first-order valence-electron chi connectivity index (χ1n) is 10.0. The van der Waals surface area contributed by atoms with Crippen LogP contribution in [0.1, 0.15) is 50.5 Å². The number of carbonyl (C=O) groups is 2. The molecule has 1 unspecified atom stereocenters. The minimum atomic E-state index is -0.600. The minimum absolute atomic E-state index is 0.140. The van der Waals surface area contributed by atoms with Gasteiger partial charge in [0.1, 0.15) is 5.75 Å². The molecular weight excluding hydrogens is 366 g/mol. The van der Waals surface area contributed by atoms with Crippen LogP contribution in [0.4, 0.5) is 16.2 Å². The number of aliphatic imine (C=N–C) groups is 2. The van der Waals surface area contributed by atoms with Gasteiger partial charge in [0.2, 0.25) is 0 Å². The van der Waals surface area contributed by atoms with Crippen LogP contribution in [0.25, 0.3) is 0 Å². The first-order chi connectivity index (χ1) is 14.1.